The maximum absolute atomic E-state index is 13.5. The van der Waals surface area contributed by atoms with E-state index in [0.717, 1.165) is 23.4 Å². The van der Waals surface area contributed by atoms with Gasteiger partial charge in [-0.3, -0.25) is 9.59 Å². The van der Waals surface area contributed by atoms with Crippen molar-refractivity contribution >= 4 is 35.3 Å². The van der Waals surface area contributed by atoms with Crippen LogP contribution in [0.5, 0.6) is 0 Å². The molecule has 2 bridgehead atoms. The third kappa shape index (κ3) is 4.52. The highest BCUT2D eigenvalue weighted by molar-refractivity contribution is 7.98. The summed E-state index contributed by atoms with van der Waals surface area (Å²) in [5, 5.41) is 0. The van der Waals surface area contributed by atoms with Crippen molar-refractivity contribution in [1.82, 2.24) is 9.62 Å². The lowest BCUT2D eigenvalue weighted by Crippen LogP contribution is -2.50. The van der Waals surface area contributed by atoms with Gasteiger partial charge in [-0.25, -0.2) is 4.99 Å². The van der Waals surface area contributed by atoms with Crippen LogP contribution in [0.3, 0.4) is 0 Å². The fourth-order valence-electron chi connectivity index (χ4n) is 4.91. The van der Waals surface area contributed by atoms with Crippen LogP contribution >= 0.6 is 11.9 Å². The van der Waals surface area contributed by atoms with E-state index in [1.165, 1.54) is 24.6 Å². The largest absolute Gasteiger partial charge is 0.469 e. The highest BCUT2D eigenvalue weighted by Crippen LogP contribution is 2.47. The number of aliphatic imine (C=N–C) groups is 1. The molecule has 1 aromatic carbocycles. The lowest BCUT2D eigenvalue weighted by atomic mass is 9.87. The summed E-state index contributed by atoms with van der Waals surface area (Å²) in [6.07, 6.45) is 6.31. The summed E-state index contributed by atoms with van der Waals surface area (Å²) in [5.41, 5.74) is 2.07. The Morgan fingerprint density at radius 1 is 1.29 bits per heavy atom. The van der Waals surface area contributed by atoms with E-state index >= 15 is 0 Å². The molecule has 4 atom stereocenters. The molecule has 4 unspecified atom stereocenters. The molecule has 1 heterocycles. The Morgan fingerprint density at radius 2 is 2.06 bits per heavy atom. The number of ether oxygens (including phenoxy) is 1. The van der Waals surface area contributed by atoms with Crippen LogP contribution in [0.15, 0.2) is 40.2 Å². The zero-order valence-corrected chi connectivity index (χ0v) is 19.4. The minimum absolute atomic E-state index is 0.0166. The fraction of sp³-hybridized carbons (Fsp3) is 0.542. The van der Waals surface area contributed by atoms with E-state index in [4.69, 9.17) is 4.74 Å². The maximum Gasteiger partial charge on any atom is 0.311 e. The standard InChI is InChI=1S/C24H31N3O3S/c1-14(2)9-10-27(23-17-7-6-16(12-17)22(23)24(29)30-4)21(28)13-20-25-18-8-5-15(3)11-19(18)31-26-20/h5-8,11,14,16-17,22-23H,9-10,12-13H2,1-4H3,(H,25,26). The van der Waals surface area contributed by atoms with Crippen LogP contribution in [-0.4, -0.2) is 42.3 Å². The van der Waals surface area contributed by atoms with Gasteiger partial charge in [0.05, 0.1) is 36.1 Å². The summed E-state index contributed by atoms with van der Waals surface area (Å²) in [5.74, 6) is 1.03. The molecular weight excluding hydrogens is 410 g/mol. The second kappa shape index (κ2) is 9.07. The quantitative estimate of drug-likeness (QED) is 0.389. The van der Waals surface area contributed by atoms with E-state index in [1.54, 1.807) is 0 Å². The van der Waals surface area contributed by atoms with Gasteiger partial charge in [-0.05, 0) is 67.2 Å². The number of amidine groups is 1. The molecule has 1 aromatic rings. The van der Waals surface area contributed by atoms with Gasteiger partial charge in [0.15, 0.2) is 0 Å². The molecule has 6 nitrogen and oxygen atoms in total. The Morgan fingerprint density at radius 3 is 2.81 bits per heavy atom. The smallest absolute Gasteiger partial charge is 0.311 e. The minimum Gasteiger partial charge on any atom is -0.469 e. The fourth-order valence-corrected chi connectivity index (χ4v) is 5.72. The molecule has 0 saturated heterocycles. The van der Waals surface area contributed by atoms with Crippen molar-refractivity contribution in [2.24, 2.45) is 28.7 Å². The van der Waals surface area contributed by atoms with Crippen LogP contribution in [0.2, 0.25) is 0 Å². The summed E-state index contributed by atoms with van der Waals surface area (Å²) in [4.78, 5) is 33.8. The number of amides is 1. The number of methoxy groups -OCH3 is 1. The number of benzene rings is 1. The molecule has 3 aliphatic rings. The topological polar surface area (TPSA) is 71.0 Å². The number of hydrogen-bond donors (Lipinski definition) is 1. The normalized spacial score (nSPS) is 25.8. The number of aryl methyl sites for hydroxylation is 1. The summed E-state index contributed by atoms with van der Waals surface area (Å²) in [6.45, 7) is 7.01. The van der Waals surface area contributed by atoms with Gasteiger partial charge in [0.25, 0.3) is 0 Å². The number of rotatable bonds is 7. The number of nitrogens with one attached hydrogen (secondary N) is 1. The van der Waals surface area contributed by atoms with Gasteiger partial charge < -0.3 is 14.4 Å². The number of carbonyl (C=O) groups excluding carboxylic acids is 2. The zero-order chi connectivity index (χ0) is 22.1. The number of carbonyl (C=O) groups is 2. The highest BCUT2D eigenvalue weighted by atomic mass is 32.2. The minimum atomic E-state index is -0.282. The number of fused-ring (bicyclic) bond motifs is 3. The van der Waals surface area contributed by atoms with Crippen LogP contribution < -0.4 is 4.72 Å². The Kier molecular flexibility index (Phi) is 6.42. The molecule has 0 spiro atoms. The van der Waals surface area contributed by atoms with Gasteiger partial charge in [0.2, 0.25) is 5.91 Å². The van der Waals surface area contributed by atoms with Crippen molar-refractivity contribution < 1.29 is 14.3 Å². The Labute approximate surface area is 188 Å². The summed E-state index contributed by atoms with van der Waals surface area (Å²) in [6, 6.07) is 5.98. The van der Waals surface area contributed by atoms with Crippen molar-refractivity contribution in [2.45, 2.75) is 51.0 Å². The molecule has 7 heteroatoms. The third-order valence-electron chi connectivity index (χ3n) is 6.49. The molecule has 31 heavy (non-hydrogen) atoms. The van der Waals surface area contributed by atoms with Crippen LogP contribution in [-0.2, 0) is 14.3 Å². The van der Waals surface area contributed by atoms with Crippen molar-refractivity contribution in [1.29, 1.82) is 0 Å². The van der Waals surface area contributed by atoms with Gasteiger partial charge in [0.1, 0.15) is 5.84 Å². The first-order valence-electron chi connectivity index (χ1n) is 11.0. The Hall–Kier alpha value is -2.28. The van der Waals surface area contributed by atoms with Crippen LogP contribution in [0.1, 0.15) is 38.7 Å². The van der Waals surface area contributed by atoms with E-state index in [9.17, 15) is 9.59 Å². The van der Waals surface area contributed by atoms with Gasteiger partial charge in [-0.2, -0.15) is 0 Å². The monoisotopic (exact) mass is 441 g/mol. The van der Waals surface area contributed by atoms with Gasteiger partial charge in [-0.1, -0.05) is 32.1 Å². The van der Waals surface area contributed by atoms with Crippen molar-refractivity contribution in [2.75, 3.05) is 13.7 Å². The van der Waals surface area contributed by atoms with Gasteiger partial charge in [-0.15, -0.1) is 0 Å². The lowest BCUT2D eigenvalue weighted by molar-refractivity contribution is -0.150. The van der Waals surface area contributed by atoms with E-state index in [0.29, 0.717) is 18.3 Å². The number of allylic oxidation sites excluding steroid dienone is 1. The molecule has 1 saturated carbocycles. The van der Waals surface area contributed by atoms with Crippen LogP contribution in [0, 0.1) is 30.6 Å². The highest BCUT2D eigenvalue weighted by Gasteiger charge is 2.52. The summed E-state index contributed by atoms with van der Waals surface area (Å²) >= 11 is 1.50. The summed E-state index contributed by atoms with van der Waals surface area (Å²) in [7, 11) is 1.44. The van der Waals surface area contributed by atoms with E-state index in [-0.39, 0.29) is 42.1 Å². The molecule has 1 N–H and O–H groups in total. The average molecular weight is 442 g/mol. The van der Waals surface area contributed by atoms with E-state index < -0.39 is 0 Å². The van der Waals surface area contributed by atoms with Crippen LogP contribution in [0.25, 0.3) is 0 Å². The molecule has 1 aliphatic heterocycles. The second-order valence-corrected chi connectivity index (χ2v) is 10.0. The van der Waals surface area contributed by atoms with Crippen molar-refractivity contribution in [3.05, 3.63) is 35.9 Å². The van der Waals surface area contributed by atoms with Gasteiger partial charge in [0, 0.05) is 6.54 Å². The number of hydrogen-bond acceptors (Lipinski definition) is 6. The Bertz CT molecular complexity index is 927. The molecule has 1 amide bonds. The lowest BCUT2D eigenvalue weighted by Gasteiger charge is -2.37. The first-order chi connectivity index (χ1) is 14.9. The first kappa shape index (κ1) is 21.9. The average Bonchev–Trinajstić information content (AvgIpc) is 3.35. The SMILES string of the molecule is COC(=O)C1C2C=CC(C2)C1N(CCC(C)C)C(=O)CC1=Nc2ccc(C)cc2SN1. The molecule has 1 fully saturated rings. The predicted octanol–water partition coefficient (Wildman–Crippen LogP) is 4.26. The second-order valence-electron chi connectivity index (χ2n) is 9.17. The summed E-state index contributed by atoms with van der Waals surface area (Å²) < 4.78 is 8.36. The number of nitrogens with zero attached hydrogens (tertiary/aromatic N) is 2. The number of esters is 1. The zero-order valence-electron chi connectivity index (χ0n) is 18.6. The molecular formula is C24H31N3O3S. The Balaban J connectivity index is 1.56. The van der Waals surface area contributed by atoms with Crippen LogP contribution in [0.4, 0.5) is 5.69 Å². The third-order valence-corrected chi connectivity index (χ3v) is 7.37. The molecule has 0 aromatic heterocycles. The molecule has 4 rings (SSSR count). The van der Waals surface area contributed by atoms with E-state index in [1.807, 2.05) is 17.0 Å². The van der Waals surface area contributed by atoms with E-state index in [2.05, 4.69) is 48.7 Å². The molecule has 0 radical (unpaired) electrons. The van der Waals surface area contributed by atoms with Crippen molar-refractivity contribution in [3.8, 4) is 0 Å². The first-order valence-corrected chi connectivity index (χ1v) is 11.9. The molecule has 2 aliphatic carbocycles. The van der Waals surface area contributed by atoms with Crippen molar-refractivity contribution in [3.63, 3.8) is 0 Å². The molecule has 166 valence electrons. The predicted molar refractivity (Wildman–Crippen MR) is 123 cm³/mol. The van der Waals surface area contributed by atoms with Gasteiger partial charge >= 0.3 is 5.97 Å². The maximum atomic E-state index is 13.5.